The number of halogens is 1. The van der Waals surface area contributed by atoms with Crippen LogP contribution in [0.25, 0.3) is 0 Å². The third kappa shape index (κ3) is 10.8. The van der Waals surface area contributed by atoms with Crippen LogP contribution in [0.5, 0.6) is 11.5 Å². The minimum atomic E-state index is -0.133. The van der Waals surface area contributed by atoms with Crippen molar-refractivity contribution in [2.45, 2.75) is 53.8 Å². The van der Waals surface area contributed by atoms with Crippen molar-refractivity contribution in [3.05, 3.63) is 59.2 Å². The van der Waals surface area contributed by atoms with Crippen LogP contribution in [0.4, 0.5) is 0 Å². The number of rotatable bonds is 11. The Morgan fingerprint density at radius 2 is 1.79 bits per heavy atom. The number of guanidine groups is 1. The fraction of sp³-hybridized carbons (Fsp3) is 0.440. The average molecular weight is 569 g/mol. The van der Waals surface area contributed by atoms with Gasteiger partial charge in [0, 0.05) is 25.2 Å². The van der Waals surface area contributed by atoms with E-state index < -0.39 is 0 Å². The maximum atomic E-state index is 11.6. The molecule has 0 aliphatic heterocycles. The molecule has 0 radical (unpaired) electrons. The molecule has 1 amide bonds. The van der Waals surface area contributed by atoms with Crippen LogP contribution >= 0.6 is 24.0 Å². The number of benzene rings is 2. The normalized spacial score (nSPS) is 10.9. The Morgan fingerprint density at radius 3 is 2.48 bits per heavy atom. The summed E-state index contributed by atoms with van der Waals surface area (Å²) in [5, 5.41) is 9.38. The summed E-state index contributed by atoms with van der Waals surface area (Å²) in [6.07, 6.45) is 0.111. The van der Waals surface area contributed by atoms with Crippen molar-refractivity contribution in [3.63, 3.8) is 0 Å². The highest BCUT2D eigenvalue weighted by atomic mass is 127. The molecule has 0 unspecified atom stereocenters. The Kier molecular flexibility index (Phi) is 13.3. The van der Waals surface area contributed by atoms with E-state index in [0.29, 0.717) is 25.4 Å². The maximum absolute atomic E-state index is 11.6. The van der Waals surface area contributed by atoms with E-state index in [1.165, 1.54) is 5.56 Å². The van der Waals surface area contributed by atoms with Gasteiger partial charge in [-0.05, 0) is 63.9 Å². The minimum absolute atomic E-state index is 0. The van der Waals surface area contributed by atoms with Crippen LogP contribution in [0.3, 0.4) is 0 Å². The van der Waals surface area contributed by atoms with Gasteiger partial charge in [0.25, 0.3) is 5.91 Å². The van der Waals surface area contributed by atoms with E-state index in [1.54, 1.807) is 0 Å². The quantitative estimate of drug-likeness (QED) is 0.215. The first-order valence-corrected chi connectivity index (χ1v) is 11.2. The number of nitrogens with one attached hydrogen (secondary N) is 3. The lowest BCUT2D eigenvalue weighted by Gasteiger charge is -2.17. The zero-order valence-corrected chi connectivity index (χ0v) is 22.6. The first kappa shape index (κ1) is 28.5. The van der Waals surface area contributed by atoms with Crippen molar-refractivity contribution in [1.29, 1.82) is 0 Å². The predicted octanol–water partition coefficient (Wildman–Crippen LogP) is 4.17. The molecule has 0 aliphatic carbocycles. The number of aryl methyl sites for hydroxylation is 1. The number of likely N-dealkylation sites (N-methyl/N-ethyl adjacent to an activating group) is 1. The van der Waals surface area contributed by atoms with Gasteiger partial charge >= 0.3 is 0 Å². The van der Waals surface area contributed by atoms with E-state index >= 15 is 0 Å². The van der Waals surface area contributed by atoms with Gasteiger partial charge in [-0.25, -0.2) is 4.99 Å². The molecule has 2 aromatic carbocycles. The summed E-state index contributed by atoms with van der Waals surface area (Å²) in [5.41, 5.74) is 3.24. The lowest BCUT2D eigenvalue weighted by atomic mass is 10.1. The molecule has 2 rings (SSSR count). The van der Waals surface area contributed by atoms with Gasteiger partial charge in [0.05, 0.1) is 12.6 Å². The zero-order chi connectivity index (χ0) is 23.3. The molecule has 0 heterocycles. The molecule has 0 aromatic heterocycles. The molecule has 0 saturated heterocycles. The van der Waals surface area contributed by atoms with E-state index in [9.17, 15) is 4.79 Å². The molecule has 8 heteroatoms. The summed E-state index contributed by atoms with van der Waals surface area (Å²) < 4.78 is 11.5. The highest BCUT2D eigenvalue weighted by Gasteiger charge is 2.08. The second-order valence-electron chi connectivity index (χ2n) is 7.72. The Balaban J connectivity index is 0.00000544. The summed E-state index contributed by atoms with van der Waals surface area (Å²) in [6, 6.07) is 13.9. The number of hydrogen-bond acceptors (Lipinski definition) is 4. The summed E-state index contributed by atoms with van der Waals surface area (Å²) in [7, 11) is 0. The Hall–Kier alpha value is -2.49. The molecule has 0 saturated carbocycles. The van der Waals surface area contributed by atoms with E-state index in [4.69, 9.17) is 14.5 Å². The van der Waals surface area contributed by atoms with E-state index in [0.717, 1.165) is 29.4 Å². The standard InChI is InChI=1S/C25H36N4O3.HI/c1-6-26-24(30)17-31-22-10-8-9-20(14-22)15-28-25(27-7-2)29-16-21-12-11-19(5)13-23(21)32-18(3)4;/h8-14,18H,6-7,15-17H2,1-5H3,(H,26,30)(H2,27,28,29);1H. The first-order chi connectivity index (χ1) is 15.4. The molecule has 0 aliphatic rings. The second-order valence-corrected chi connectivity index (χ2v) is 7.72. The number of hydrogen-bond donors (Lipinski definition) is 3. The third-order valence-electron chi connectivity index (χ3n) is 4.44. The Labute approximate surface area is 214 Å². The molecule has 0 spiro atoms. The summed E-state index contributed by atoms with van der Waals surface area (Å²) >= 11 is 0. The number of aliphatic imine (C=N–C) groups is 1. The second kappa shape index (κ2) is 15.4. The SMILES string of the molecule is CCNC(=O)COc1cccc(CN=C(NCC)NCc2ccc(C)cc2OC(C)C)c1.I. The highest BCUT2D eigenvalue weighted by Crippen LogP contribution is 2.21. The van der Waals surface area contributed by atoms with Crippen molar-refractivity contribution in [3.8, 4) is 11.5 Å². The van der Waals surface area contributed by atoms with Gasteiger partial charge in [-0.1, -0.05) is 24.3 Å². The van der Waals surface area contributed by atoms with Crippen LogP contribution in [0, 0.1) is 6.92 Å². The predicted molar refractivity (Wildman–Crippen MR) is 145 cm³/mol. The largest absolute Gasteiger partial charge is 0.491 e. The summed E-state index contributed by atoms with van der Waals surface area (Å²) in [5.74, 6) is 2.13. The van der Waals surface area contributed by atoms with Gasteiger partial charge in [-0.2, -0.15) is 0 Å². The van der Waals surface area contributed by atoms with Crippen LogP contribution in [0.15, 0.2) is 47.5 Å². The van der Waals surface area contributed by atoms with Crippen LogP contribution < -0.4 is 25.4 Å². The topological polar surface area (TPSA) is 84.0 Å². The monoisotopic (exact) mass is 568 g/mol. The number of carbonyl (C=O) groups excluding carboxylic acids is 1. The highest BCUT2D eigenvalue weighted by molar-refractivity contribution is 14.0. The minimum Gasteiger partial charge on any atom is -0.491 e. The van der Waals surface area contributed by atoms with Gasteiger partial charge in [0.2, 0.25) is 0 Å². The fourth-order valence-corrected chi connectivity index (χ4v) is 2.99. The van der Waals surface area contributed by atoms with Crippen molar-refractivity contribution in [2.24, 2.45) is 4.99 Å². The molecule has 33 heavy (non-hydrogen) atoms. The summed E-state index contributed by atoms with van der Waals surface area (Å²) in [4.78, 5) is 16.3. The van der Waals surface area contributed by atoms with Gasteiger partial charge in [-0.3, -0.25) is 4.79 Å². The van der Waals surface area contributed by atoms with Crippen LogP contribution in [0.1, 0.15) is 44.4 Å². The molecule has 0 atom stereocenters. The van der Waals surface area contributed by atoms with Crippen molar-refractivity contribution >= 4 is 35.8 Å². The average Bonchev–Trinajstić information content (AvgIpc) is 2.75. The fourth-order valence-electron chi connectivity index (χ4n) is 2.99. The smallest absolute Gasteiger partial charge is 0.257 e. The summed E-state index contributed by atoms with van der Waals surface area (Å²) in [6.45, 7) is 12.5. The number of amides is 1. The molecule has 0 bridgehead atoms. The molecule has 0 fully saturated rings. The molecule has 2 aromatic rings. The molecular formula is C25H37IN4O3. The number of nitrogens with zero attached hydrogens (tertiary/aromatic N) is 1. The number of ether oxygens (including phenoxy) is 2. The lowest BCUT2D eigenvalue weighted by molar-refractivity contribution is -0.122. The third-order valence-corrected chi connectivity index (χ3v) is 4.44. The van der Waals surface area contributed by atoms with Gasteiger partial charge in [0.1, 0.15) is 11.5 Å². The van der Waals surface area contributed by atoms with Crippen LogP contribution in [0.2, 0.25) is 0 Å². The van der Waals surface area contributed by atoms with Crippen molar-refractivity contribution in [2.75, 3.05) is 19.7 Å². The molecule has 182 valence electrons. The Morgan fingerprint density at radius 1 is 1.03 bits per heavy atom. The van der Waals surface area contributed by atoms with Crippen LogP contribution in [-0.4, -0.2) is 37.7 Å². The van der Waals surface area contributed by atoms with Gasteiger partial charge < -0.3 is 25.4 Å². The molecular weight excluding hydrogens is 531 g/mol. The van der Waals surface area contributed by atoms with Crippen LogP contribution in [-0.2, 0) is 17.9 Å². The number of carbonyl (C=O) groups is 1. The van der Waals surface area contributed by atoms with E-state index in [2.05, 4.69) is 41.1 Å². The van der Waals surface area contributed by atoms with E-state index in [-0.39, 0.29) is 42.6 Å². The van der Waals surface area contributed by atoms with Crippen molar-refractivity contribution in [1.82, 2.24) is 16.0 Å². The Bertz CT molecular complexity index is 903. The van der Waals surface area contributed by atoms with Crippen molar-refractivity contribution < 1.29 is 14.3 Å². The maximum Gasteiger partial charge on any atom is 0.257 e. The zero-order valence-electron chi connectivity index (χ0n) is 20.2. The molecule has 3 N–H and O–H groups in total. The molecule has 7 nitrogen and oxygen atoms in total. The van der Waals surface area contributed by atoms with E-state index in [1.807, 2.05) is 52.0 Å². The first-order valence-electron chi connectivity index (χ1n) is 11.2. The van der Waals surface area contributed by atoms with Gasteiger partial charge in [-0.15, -0.1) is 24.0 Å². The lowest BCUT2D eigenvalue weighted by Crippen LogP contribution is -2.36. The van der Waals surface area contributed by atoms with Gasteiger partial charge in [0.15, 0.2) is 12.6 Å².